The van der Waals surface area contributed by atoms with Crippen molar-refractivity contribution < 1.29 is 9.59 Å². The number of carbonyl (C=O) groups excluding carboxylic acids is 2. The fourth-order valence-electron chi connectivity index (χ4n) is 3.27. The lowest BCUT2D eigenvalue weighted by atomic mass is 10.1. The molecule has 1 aromatic carbocycles. The van der Waals surface area contributed by atoms with E-state index in [4.69, 9.17) is 11.6 Å². The van der Waals surface area contributed by atoms with Crippen LogP contribution < -0.4 is 15.5 Å². The molecule has 1 aliphatic rings. The molecule has 2 heterocycles. The second-order valence-electron chi connectivity index (χ2n) is 6.92. The van der Waals surface area contributed by atoms with E-state index in [1.54, 1.807) is 0 Å². The fraction of sp³-hybridized carbons (Fsp3) is 0.400. The Kier molecular flexibility index (Phi) is 6.39. The predicted octanol–water partition coefficient (Wildman–Crippen LogP) is 3.60. The fourth-order valence-corrected chi connectivity index (χ4v) is 4.30. The number of hydrogen-bond acceptors (Lipinski definition) is 4. The molecule has 1 aromatic heterocycles. The average molecular weight is 406 g/mol. The molecule has 0 radical (unpaired) electrons. The van der Waals surface area contributed by atoms with Crippen molar-refractivity contribution in [3.63, 3.8) is 0 Å². The number of halogens is 1. The lowest BCUT2D eigenvalue weighted by Gasteiger charge is -2.21. The minimum absolute atomic E-state index is 0.0496. The summed E-state index contributed by atoms with van der Waals surface area (Å²) in [6.07, 6.45) is 1.05. The summed E-state index contributed by atoms with van der Waals surface area (Å²) >= 11 is 7.55. The first-order valence-corrected chi connectivity index (χ1v) is 10.2. The van der Waals surface area contributed by atoms with Crippen molar-refractivity contribution in [2.75, 3.05) is 24.5 Å². The molecule has 2 N–H and O–H groups in total. The molecule has 2 aromatic rings. The summed E-state index contributed by atoms with van der Waals surface area (Å²) in [7, 11) is 0. The van der Waals surface area contributed by atoms with Crippen molar-refractivity contribution in [3.8, 4) is 0 Å². The molecule has 0 aliphatic carbocycles. The lowest BCUT2D eigenvalue weighted by molar-refractivity contribution is -0.119. The Bertz CT molecular complexity index is 836. The van der Waals surface area contributed by atoms with Crippen LogP contribution in [0.5, 0.6) is 0 Å². The van der Waals surface area contributed by atoms with Gasteiger partial charge in [-0.3, -0.25) is 9.59 Å². The molecule has 0 bridgehead atoms. The SMILES string of the molecule is CC(=O)NCc1ccc(C(=O)NCC2CCN(c3cc(Cl)ccc3C)C2)s1. The highest BCUT2D eigenvalue weighted by molar-refractivity contribution is 7.14. The Morgan fingerprint density at radius 3 is 2.85 bits per heavy atom. The summed E-state index contributed by atoms with van der Waals surface area (Å²) in [6.45, 7) is 6.59. The largest absolute Gasteiger partial charge is 0.371 e. The zero-order valence-electron chi connectivity index (χ0n) is 15.5. The second-order valence-corrected chi connectivity index (χ2v) is 8.52. The van der Waals surface area contributed by atoms with Gasteiger partial charge in [-0.1, -0.05) is 17.7 Å². The minimum atomic E-state index is -0.0740. The maximum atomic E-state index is 12.4. The van der Waals surface area contributed by atoms with Crippen LogP contribution >= 0.6 is 22.9 Å². The molecular formula is C20H24ClN3O2S. The molecular weight excluding hydrogens is 382 g/mol. The van der Waals surface area contributed by atoms with Gasteiger partial charge >= 0.3 is 0 Å². The molecule has 0 spiro atoms. The van der Waals surface area contributed by atoms with E-state index in [1.165, 1.54) is 29.5 Å². The van der Waals surface area contributed by atoms with Crippen molar-refractivity contribution in [1.29, 1.82) is 0 Å². The van der Waals surface area contributed by atoms with Gasteiger partial charge in [0.25, 0.3) is 5.91 Å². The van der Waals surface area contributed by atoms with E-state index in [1.807, 2.05) is 30.3 Å². The van der Waals surface area contributed by atoms with Crippen LogP contribution in [0.25, 0.3) is 0 Å². The van der Waals surface area contributed by atoms with Crippen molar-refractivity contribution in [3.05, 3.63) is 50.7 Å². The monoisotopic (exact) mass is 405 g/mol. The number of amides is 2. The lowest BCUT2D eigenvalue weighted by Crippen LogP contribution is -2.30. The Morgan fingerprint density at radius 2 is 2.07 bits per heavy atom. The molecule has 7 heteroatoms. The van der Waals surface area contributed by atoms with Crippen LogP contribution in [0.2, 0.25) is 5.02 Å². The number of benzene rings is 1. The standard InChI is InChI=1S/C20H24ClN3O2S/c1-13-3-4-16(21)9-18(13)24-8-7-15(12-24)10-23-20(26)19-6-5-17(27-19)11-22-14(2)25/h3-6,9,15H,7-8,10-12H2,1-2H3,(H,22,25)(H,23,26). The number of anilines is 1. The number of nitrogens with zero attached hydrogens (tertiary/aromatic N) is 1. The molecule has 0 saturated carbocycles. The van der Waals surface area contributed by atoms with Crippen LogP contribution in [-0.4, -0.2) is 31.4 Å². The highest BCUT2D eigenvalue weighted by Crippen LogP contribution is 2.29. The first-order valence-electron chi connectivity index (χ1n) is 9.05. The van der Waals surface area contributed by atoms with Crippen LogP contribution in [0.15, 0.2) is 30.3 Å². The van der Waals surface area contributed by atoms with Crippen LogP contribution in [0.1, 0.15) is 33.5 Å². The number of hydrogen-bond donors (Lipinski definition) is 2. The Hall–Kier alpha value is -2.05. The Labute approximate surface area is 168 Å². The third-order valence-corrected chi connectivity index (χ3v) is 6.07. The summed E-state index contributed by atoms with van der Waals surface area (Å²) < 4.78 is 0. The van der Waals surface area contributed by atoms with Gasteiger partial charge in [0.15, 0.2) is 0 Å². The van der Waals surface area contributed by atoms with Gasteiger partial charge in [0.05, 0.1) is 11.4 Å². The quantitative estimate of drug-likeness (QED) is 0.771. The number of aryl methyl sites for hydroxylation is 1. The molecule has 1 unspecified atom stereocenters. The van der Waals surface area contributed by atoms with Gasteiger partial charge in [0, 0.05) is 42.1 Å². The first kappa shape index (κ1) is 19.7. The maximum Gasteiger partial charge on any atom is 0.261 e. The van der Waals surface area contributed by atoms with Gasteiger partial charge in [-0.2, -0.15) is 0 Å². The van der Waals surface area contributed by atoms with Gasteiger partial charge < -0.3 is 15.5 Å². The Morgan fingerprint density at radius 1 is 1.26 bits per heavy atom. The zero-order chi connectivity index (χ0) is 19.4. The molecule has 27 heavy (non-hydrogen) atoms. The van der Waals surface area contributed by atoms with E-state index in [0.717, 1.165) is 29.4 Å². The molecule has 1 atom stereocenters. The van der Waals surface area contributed by atoms with E-state index >= 15 is 0 Å². The summed E-state index contributed by atoms with van der Waals surface area (Å²) in [5.74, 6) is 0.299. The normalized spacial score (nSPS) is 16.4. The number of thiophene rings is 1. The van der Waals surface area contributed by atoms with Gasteiger partial charge in [-0.25, -0.2) is 0 Å². The second kappa shape index (κ2) is 8.76. The third-order valence-electron chi connectivity index (χ3n) is 4.75. The topological polar surface area (TPSA) is 61.4 Å². The first-order chi connectivity index (χ1) is 12.9. The molecule has 5 nitrogen and oxygen atoms in total. The molecule has 1 fully saturated rings. The number of rotatable bonds is 6. The van der Waals surface area contributed by atoms with E-state index in [2.05, 4.69) is 22.5 Å². The van der Waals surface area contributed by atoms with Gasteiger partial charge in [0.1, 0.15) is 0 Å². The van der Waals surface area contributed by atoms with Crippen molar-refractivity contribution in [2.24, 2.45) is 5.92 Å². The van der Waals surface area contributed by atoms with Gasteiger partial charge in [-0.05, 0) is 49.1 Å². The van der Waals surface area contributed by atoms with Gasteiger partial charge in [-0.15, -0.1) is 11.3 Å². The van der Waals surface area contributed by atoms with Crippen LogP contribution in [-0.2, 0) is 11.3 Å². The average Bonchev–Trinajstić information content (AvgIpc) is 3.29. The summed E-state index contributed by atoms with van der Waals surface area (Å²) in [6, 6.07) is 9.67. The van der Waals surface area contributed by atoms with Gasteiger partial charge in [0.2, 0.25) is 5.91 Å². The third kappa shape index (κ3) is 5.23. The Balaban J connectivity index is 1.50. The number of carbonyl (C=O) groups is 2. The summed E-state index contributed by atoms with van der Waals surface area (Å²) in [5.41, 5.74) is 2.39. The molecule has 2 amide bonds. The molecule has 1 aliphatic heterocycles. The van der Waals surface area contributed by atoms with Crippen molar-refractivity contribution in [2.45, 2.75) is 26.8 Å². The number of nitrogens with one attached hydrogen (secondary N) is 2. The molecule has 144 valence electrons. The van der Waals surface area contributed by atoms with Crippen LogP contribution in [0, 0.1) is 12.8 Å². The highest BCUT2D eigenvalue weighted by Gasteiger charge is 2.24. The highest BCUT2D eigenvalue weighted by atomic mass is 35.5. The molecule has 3 rings (SSSR count). The van der Waals surface area contributed by atoms with Crippen molar-refractivity contribution >= 4 is 40.4 Å². The van der Waals surface area contributed by atoms with Crippen LogP contribution in [0.3, 0.4) is 0 Å². The van der Waals surface area contributed by atoms with E-state index < -0.39 is 0 Å². The smallest absolute Gasteiger partial charge is 0.261 e. The predicted molar refractivity (Wildman–Crippen MR) is 111 cm³/mol. The summed E-state index contributed by atoms with van der Waals surface area (Å²) in [5, 5.41) is 6.54. The van der Waals surface area contributed by atoms with E-state index in [0.29, 0.717) is 23.9 Å². The maximum absolute atomic E-state index is 12.4. The van der Waals surface area contributed by atoms with Crippen LogP contribution in [0.4, 0.5) is 5.69 Å². The summed E-state index contributed by atoms with van der Waals surface area (Å²) in [4.78, 5) is 27.4. The van der Waals surface area contributed by atoms with E-state index in [9.17, 15) is 9.59 Å². The van der Waals surface area contributed by atoms with Crippen molar-refractivity contribution in [1.82, 2.24) is 10.6 Å². The zero-order valence-corrected chi connectivity index (χ0v) is 17.1. The van der Waals surface area contributed by atoms with E-state index in [-0.39, 0.29) is 11.8 Å². The minimum Gasteiger partial charge on any atom is -0.371 e. The molecule has 1 saturated heterocycles.